The summed E-state index contributed by atoms with van der Waals surface area (Å²) in [6.45, 7) is 9.96. The average molecular weight is 192 g/mol. The molecule has 0 aromatic heterocycles. The molecule has 0 amide bonds. The molecular weight excluding hydrogens is 176 g/mol. The molecule has 0 saturated carbocycles. The second-order valence-corrected chi connectivity index (χ2v) is 4.60. The van der Waals surface area contributed by atoms with Crippen molar-refractivity contribution in [2.24, 2.45) is 0 Å². The van der Waals surface area contributed by atoms with E-state index in [0.29, 0.717) is 0 Å². The summed E-state index contributed by atoms with van der Waals surface area (Å²) >= 11 is 0. The Bertz CT molecular complexity index is 253. The van der Waals surface area contributed by atoms with Gasteiger partial charge in [-0.05, 0) is 0 Å². The van der Waals surface area contributed by atoms with E-state index in [1.165, 1.54) is 52.4 Å². The Balaban J connectivity index is 1.89. The zero-order valence-electron chi connectivity index (χ0n) is 8.45. The topological polar surface area (TPSA) is 13.0 Å². The first-order valence-corrected chi connectivity index (χ1v) is 5.67. The van der Waals surface area contributed by atoms with Crippen molar-refractivity contribution < 1.29 is 0 Å². The van der Waals surface area contributed by atoms with Gasteiger partial charge in [-0.1, -0.05) is 0 Å². The van der Waals surface area contributed by atoms with E-state index in [-0.39, 0.29) is 0 Å². The molecule has 0 unspecified atom stereocenters. The maximum atomic E-state index is 2.57. The van der Waals surface area contributed by atoms with E-state index in [9.17, 15) is 0 Å². The van der Waals surface area contributed by atoms with Crippen LogP contribution in [0, 0.1) is 0 Å². The standard InChI is InChI=1S/C10H16N4/c1-2-12-7-8-14-4-3-13-6-5-11(1)9(12)10(13)14/h1-8H2. The maximum Gasteiger partial charge on any atom is 0.146 e. The van der Waals surface area contributed by atoms with E-state index in [2.05, 4.69) is 19.6 Å². The Morgan fingerprint density at radius 2 is 0.643 bits per heavy atom. The summed E-state index contributed by atoms with van der Waals surface area (Å²) in [5.74, 6) is 3.08. The zero-order valence-corrected chi connectivity index (χ0v) is 8.45. The first kappa shape index (κ1) is 7.26. The Morgan fingerprint density at radius 3 is 0.857 bits per heavy atom. The zero-order chi connectivity index (χ0) is 9.12. The first-order valence-electron chi connectivity index (χ1n) is 5.67. The molecule has 0 spiro atoms. The van der Waals surface area contributed by atoms with Crippen LogP contribution in [0.4, 0.5) is 0 Å². The molecule has 2 saturated heterocycles. The molecule has 76 valence electrons. The van der Waals surface area contributed by atoms with Crippen LogP contribution in [0.3, 0.4) is 0 Å². The summed E-state index contributed by atoms with van der Waals surface area (Å²) in [6.07, 6.45) is 0. The number of hydrogen-bond acceptors (Lipinski definition) is 4. The molecule has 0 aromatic carbocycles. The minimum Gasteiger partial charge on any atom is -0.352 e. The van der Waals surface area contributed by atoms with Crippen LogP contribution in [0.5, 0.6) is 0 Å². The molecule has 4 heterocycles. The van der Waals surface area contributed by atoms with E-state index in [1.807, 2.05) is 0 Å². The lowest BCUT2D eigenvalue weighted by atomic mass is 10.3. The second kappa shape index (κ2) is 2.30. The molecule has 14 heavy (non-hydrogen) atoms. The van der Waals surface area contributed by atoms with Gasteiger partial charge in [0.05, 0.1) is 0 Å². The van der Waals surface area contributed by atoms with Gasteiger partial charge in [0, 0.05) is 52.4 Å². The third kappa shape index (κ3) is 0.713. The van der Waals surface area contributed by atoms with Gasteiger partial charge in [-0.3, -0.25) is 0 Å². The fourth-order valence-corrected chi connectivity index (χ4v) is 3.23. The number of nitrogens with zero attached hydrogens (tertiary/aromatic N) is 4. The molecule has 4 aliphatic rings. The van der Waals surface area contributed by atoms with Crippen LogP contribution in [0.15, 0.2) is 11.6 Å². The lowest BCUT2D eigenvalue weighted by Gasteiger charge is -2.41. The summed E-state index contributed by atoms with van der Waals surface area (Å²) in [5, 5.41) is 0. The van der Waals surface area contributed by atoms with Gasteiger partial charge in [-0.2, -0.15) is 0 Å². The minimum absolute atomic E-state index is 1.24. The third-order valence-electron chi connectivity index (χ3n) is 3.96. The first-order chi connectivity index (χ1) is 6.93. The Labute approximate surface area is 84.4 Å². The highest BCUT2D eigenvalue weighted by molar-refractivity contribution is 5.22. The summed E-state index contributed by atoms with van der Waals surface area (Å²) in [6, 6.07) is 0. The van der Waals surface area contributed by atoms with E-state index in [1.54, 1.807) is 11.6 Å². The molecule has 2 fully saturated rings. The quantitative estimate of drug-likeness (QED) is 0.507. The molecule has 0 radical (unpaired) electrons. The van der Waals surface area contributed by atoms with E-state index >= 15 is 0 Å². The number of hydrogen-bond donors (Lipinski definition) is 0. The highest BCUT2D eigenvalue weighted by Crippen LogP contribution is 2.35. The van der Waals surface area contributed by atoms with Crippen LogP contribution in [-0.4, -0.2) is 72.0 Å². The fraction of sp³-hybridized carbons (Fsp3) is 0.800. The third-order valence-corrected chi connectivity index (χ3v) is 3.96. The van der Waals surface area contributed by atoms with Crippen LogP contribution in [0.1, 0.15) is 0 Å². The fourth-order valence-electron chi connectivity index (χ4n) is 3.23. The predicted octanol–water partition coefficient (Wildman–Crippen LogP) is -0.625. The van der Waals surface area contributed by atoms with E-state index in [0.717, 1.165) is 0 Å². The summed E-state index contributed by atoms with van der Waals surface area (Å²) in [4.78, 5) is 10.3. The van der Waals surface area contributed by atoms with Crippen molar-refractivity contribution in [2.75, 3.05) is 52.4 Å². The van der Waals surface area contributed by atoms with Gasteiger partial charge in [0.15, 0.2) is 0 Å². The molecule has 4 rings (SSSR count). The molecule has 0 aromatic rings. The van der Waals surface area contributed by atoms with E-state index in [4.69, 9.17) is 0 Å². The summed E-state index contributed by atoms with van der Waals surface area (Å²) in [5.41, 5.74) is 0. The molecular formula is C10H16N4. The van der Waals surface area contributed by atoms with Gasteiger partial charge in [0.1, 0.15) is 11.6 Å². The van der Waals surface area contributed by atoms with Crippen LogP contribution < -0.4 is 0 Å². The largest absolute Gasteiger partial charge is 0.352 e. The van der Waals surface area contributed by atoms with Gasteiger partial charge in [-0.15, -0.1) is 0 Å². The van der Waals surface area contributed by atoms with Gasteiger partial charge < -0.3 is 19.6 Å². The van der Waals surface area contributed by atoms with Crippen LogP contribution in [-0.2, 0) is 0 Å². The van der Waals surface area contributed by atoms with Crippen molar-refractivity contribution in [3.8, 4) is 0 Å². The van der Waals surface area contributed by atoms with Crippen LogP contribution >= 0.6 is 0 Å². The van der Waals surface area contributed by atoms with Crippen molar-refractivity contribution in [2.45, 2.75) is 0 Å². The molecule has 4 nitrogen and oxygen atoms in total. The highest BCUT2D eigenvalue weighted by Gasteiger charge is 2.41. The van der Waals surface area contributed by atoms with Crippen LogP contribution in [0.25, 0.3) is 0 Å². The van der Waals surface area contributed by atoms with Crippen molar-refractivity contribution in [3.63, 3.8) is 0 Å². The second-order valence-electron chi connectivity index (χ2n) is 4.60. The van der Waals surface area contributed by atoms with Crippen LogP contribution in [0.2, 0.25) is 0 Å². The molecule has 0 bridgehead atoms. The molecule has 0 aliphatic carbocycles. The average Bonchev–Trinajstić information content (AvgIpc) is 2.77. The van der Waals surface area contributed by atoms with Crippen molar-refractivity contribution in [1.29, 1.82) is 0 Å². The Hall–Kier alpha value is -1.06. The number of rotatable bonds is 0. The molecule has 4 aliphatic heterocycles. The summed E-state index contributed by atoms with van der Waals surface area (Å²) < 4.78 is 0. The van der Waals surface area contributed by atoms with Crippen molar-refractivity contribution >= 4 is 0 Å². The molecule has 4 heteroatoms. The SMILES string of the molecule is C1CN2CCN3CCN4CCN1C2=C43. The van der Waals surface area contributed by atoms with Crippen molar-refractivity contribution in [3.05, 3.63) is 11.6 Å². The molecule has 0 atom stereocenters. The van der Waals surface area contributed by atoms with Crippen molar-refractivity contribution in [1.82, 2.24) is 19.6 Å². The predicted molar refractivity (Wildman–Crippen MR) is 53.3 cm³/mol. The van der Waals surface area contributed by atoms with Gasteiger partial charge >= 0.3 is 0 Å². The normalized spacial score (nSPS) is 29.1. The lowest BCUT2D eigenvalue weighted by Crippen LogP contribution is -2.46. The Morgan fingerprint density at radius 1 is 0.429 bits per heavy atom. The lowest BCUT2D eigenvalue weighted by molar-refractivity contribution is 0.171. The highest BCUT2D eigenvalue weighted by atomic mass is 15.5. The minimum atomic E-state index is 1.24. The van der Waals surface area contributed by atoms with Gasteiger partial charge in [0.2, 0.25) is 0 Å². The van der Waals surface area contributed by atoms with E-state index < -0.39 is 0 Å². The van der Waals surface area contributed by atoms with Gasteiger partial charge in [-0.25, -0.2) is 0 Å². The van der Waals surface area contributed by atoms with Gasteiger partial charge in [0.25, 0.3) is 0 Å². The smallest absolute Gasteiger partial charge is 0.146 e. The monoisotopic (exact) mass is 192 g/mol. The maximum absolute atomic E-state index is 2.57. The summed E-state index contributed by atoms with van der Waals surface area (Å²) in [7, 11) is 0. The molecule has 0 N–H and O–H groups in total. The Kier molecular flexibility index (Phi) is 1.19.